The van der Waals surface area contributed by atoms with Crippen molar-refractivity contribution >= 4 is 11.8 Å². The van der Waals surface area contributed by atoms with E-state index in [1.165, 1.54) is 11.8 Å². The topological polar surface area (TPSA) is 83.4 Å². The van der Waals surface area contributed by atoms with Crippen molar-refractivity contribution in [2.75, 3.05) is 32.7 Å². The van der Waals surface area contributed by atoms with Crippen LogP contribution >= 0.6 is 0 Å². The molecule has 1 fully saturated rings. The molecule has 0 radical (unpaired) electrons. The summed E-state index contributed by atoms with van der Waals surface area (Å²) < 4.78 is 1.73. The van der Waals surface area contributed by atoms with Gasteiger partial charge in [0.2, 0.25) is 5.43 Å². The Hall–Kier alpha value is -3.71. The molecule has 2 heterocycles. The van der Waals surface area contributed by atoms with E-state index in [1.807, 2.05) is 36.4 Å². The van der Waals surface area contributed by atoms with Crippen molar-refractivity contribution in [3.05, 3.63) is 106 Å². The molecule has 0 atom stereocenters. The zero-order chi connectivity index (χ0) is 25.3. The largest absolute Gasteiger partial charge is 0.352 e. The summed E-state index contributed by atoms with van der Waals surface area (Å²) in [5, 5.41) is 5.56. The molecule has 2 amide bonds. The molecule has 2 N–H and O–H groups in total. The normalized spacial score (nSPS) is 14.4. The average Bonchev–Trinajstić information content (AvgIpc) is 2.91. The van der Waals surface area contributed by atoms with Gasteiger partial charge < -0.3 is 20.1 Å². The molecule has 4 rings (SSSR count). The molecular formula is C29H34N4O3. The minimum atomic E-state index is -0.550. The summed E-state index contributed by atoms with van der Waals surface area (Å²) in [5.74, 6) is -0.343. The van der Waals surface area contributed by atoms with Crippen LogP contribution in [0.15, 0.2) is 77.9 Å². The van der Waals surface area contributed by atoms with Gasteiger partial charge in [-0.05, 0) is 49.9 Å². The van der Waals surface area contributed by atoms with Gasteiger partial charge in [-0.15, -0.1) is 0 Å². The molecule has 7 nitrogen and oxygen atoms in total. The Balaban J connectivity index is 1.39. The fourth-order valence-corrected chi connectivity index (χ4v) is 4.73. The first kappa shape index (κ1) is 25.4. The van der Waals surface area contributed by atoms with Crippen LogP contribution in [0.2, 0.25) is 0 Å². The second kappa shape index (κ2) is 12.3. The number of piperidine rings is 1. The number of hydrogen-bond acceptors (Lipinski definition) is 4. The molecule has 3 aromatic rings. The summed E-state index contributed by atoms with van der Waals surface area (Å²) in [6, 6.07) is 20.3. The van der Waals surface area contributed by atoms with Crippen molar-refractivity contribution in [3.63, 3.8) is 0 Å². The lowest BCUT2D eigenvalue weighted by Gasteiger charge is -2.32. The molecule has 0 bridgehead atoms. The van der Waals surface area contributed by atoms with E-state index < -0.39 is 17.2 Å². The summed E-state index contributed by atoms with van der Waals surface area (Å²) in [7, 11) is 0. The number of carbonyl (C=O) groups excluding carboxylic acids is 2. The predicted molar refractivity (Wildman–Crippen MR) is 141 cm³/mol. The molecule has 0 spiro atoms. The lowest BCUT2D eigenvalue weighted by Crippen LogP contribution is -2.40. The maximum absolute atomic E-state index is 13.0. The van der Waals surface area contributed by atoms with Gasteiger partial charge in [-0.3, -0.25) is 14.4 Å². The maximum atomic E-state index is 13.0. The predicted octanol–water partition coefficient (Wildman–Crippen LogP) is 3.26. The SMILES string of the molecule is CCNC(=O)c1cn(Cc2ccccc2)cc(C(=O)NCCN2CCC(c3ccccc3)CC2)c1=O. The molecule has 1 aromatic heterocycles. The summed E-state index contributed by atoms with van der Waals surface area (Å²) in [5.41, 5.74) is 1.81. The second-order valence-corrected chi connectivity index (χ2v) is 9.21. The van der Waals surface area contributed by atoms with Crippen LogP contribution in [0.1, 0.15) is 57.5 Å². The minimum absolute atomic E-state index is 0.0162. The molecule has 36 heavy (non-hydrogen) atoms. The van der Waals surface area contributed by atoms with Crippen LogP contribution in [0.4, 0.5) is 0 Å². The molecule has 7 heteroatoms. The van der Waals surface area contributed by atoms with Crippen LogP contribution in [0.3, 0.4) is 0 Å². The van der Waals surface area contributed by atoms with Gasteiger partial charge in [0.15, 0.2) is 0 Å². The van der Waals surface area contributed by atoms with E-state index in [2.05, 4.69) is 39.8 Å². The zero-order valence-corrected chi connectivity index (χ0v) is 20.8. The third-order valence-corrected chi connectivity index (χ3v) is 6.69. The van der Waals surface area contributed by atoms with E-state index >= 15 is 0 Å². The van der Waals surface area contributed by atoms with Gasteiger partial charge in [-0.1, -0.05) is 60.7 Å². The third kappa shape index (κ3) is 6.49. The highest BCUT2D eigenvalue weighted by atomic mass is 16.2. The summed E-state index contributed by atoms with van der Waals surface area (Å²) >= 11 is 0. The standard InChI is InChI=1S/C29H34N4O3/c1-2-30-28(35)25-20-33(19-22-9-5-3-6-10-22)21-26(27(25)34)29(36)31-15-18-32-16-13-24(14-17-32)23-11-7-4-8-12-23/h3-12,20-21,24H,2,13-19H2,1H3,(H,30,35)(H,31,36). The van der Waals surface area contributed by atoms with Crippen molar-refractivity contribution in [1.29, 1.82) is 0 Å². The number of benzene rings is 2. The highest BCUT2D eigenvalue weighted by molar-refractivity contribution is 5.99. The van der Waals surface area contributed by atoms with Crippen molar-refractivity contribution in [2.24, 2.45) is 0 Å². The summed E-state index contributed by atoms with van der Waals surface area (Å²) in [6.45, 7) is 5.76. The molecule has 1 saturated heterocycles. The number of hydrogen-bond donors (Lipinski definition) is 2. The van der Waals surface area contributed by atoms with Gasteiger partial charge in [0.05, 0.1) is 0 Å². The Labute approximate surface area is 212 Å². The molecule has 0 unspecified atom stereocenters. The first-order chi connectivity index (χ1) is 17.5. The Bertz CT molecular complexity index is 1220. The number of likely N-dealkylation sites (tertiary alicyclic amines) is 1. The first-order valence-corrected chi connectivity index (χ1v) is 12.7. The number of pyridine rings is 1. The van der Waals surface area contributed by atoms with Crippen LogP contribution in [-0.2, 0) is 6.54 Å². The van der Waals surface area contributed by atoms with Gasteiger partial charge in [-0.25, -0.2) is 0 Å². The summed E-state index contributed by atoms with van der Waals surface area (Å²) in [6.07, 6.45) is 5.25. The van der Waals surface area contributed by atoms with Crippen molar-refractivity contribution in [2.45, 2.75) is 32.2 Å². The van der Waals surface area contributed by atoms with Crippen LogP contribution in [-0.4, -0.2) is 54.0 Å². The molecular weight excluding hydrogens is 452 g/mol. The lowest BCUT2D eigenvalue weighted by molar-refractivity contribution is 0.0943. The molecule has 1 aliphatic heterocycles. The zero-order valence-electron chi connectivity index (χ0n) is 20.8. The number of rotatable bonds is 9. The fourth-order valence-electron chi connectivity index (χ4n) is 4.73. The second-order valence-electron chi connectivity index (χ2n) is 9.21. The van der Waals surface area contributed by atoms with Crippen molar-refractivity contribution < 1.29 is 9.59 Å². The van der Waals surface area contributed by atoms with Gasteiger partial charge in [0, 0.05) is 38.6 Å². The van der Waals surface area contributed by atoms with Crippen molar-refractivity contribution in [1.82, 2.24) is 20.1 Å². The monoisotopic (exact) mass is 486 g/mol. The van der Waals surface area contributed by atoms with Crippen molar-refractivity contribution in [3.8, 4) is 0 Å². The Morgan fingerprint density at radius 2 is 1.44 bits per heavy atom. The molecule has 188 valence electrons. The highest BCUT2D eigenvalue weighted by Gasteiger charge is 2.22. The maximum Gasteiger partial charge on any atom is 0.256 e. The smallest absolute Gasteiger partial charge is 0.256 e. The van der Waals surface area contributed by atoms with Crippen LogP contribution in [0.5, 0.6) is 0 Å². The third-order valence-electron chi connectivity index (χ3n) is 6.69. The van der Waals surface area contributed by atoms with E-state index in [9.17, 15) is 14.4 Å². The van der Waals surface area contributed by atoms with E-state index in [4.69, 9.17) is 0 Å². The number of amides is 2. The quantitative estimate of drug-likeness (QED) is 0.486. The average molecular weight is 487 g/mol. The van der Waals surface area contributed by atoms with E-state index in [0.717, 1.165) is 38.0 Å². The van der Waals surface area contributed by atoms with Gasteiger partial charge >= 0.3 is 0 Å². The van der Waals surface area contributed by atoms with Gasteiger partial charge in [0.1, 0.15) is 11.1 Å². The van der Waals surface area contributed by atoms with E-state index in [0.29, 0.717) is 25.6 Å². The van der Waals surface area contributed by atoms with Gasteiger partial charge in [0.25, 0.3) is 11.8 Å². The number of carbonyl (C=O) groups is 2. The summed E-state index contributed by atoms with van der Waals surface area (Å²) in [4.78, 5) is 40.9. The van der Waals surface area contributed by atoms with E-state index in [-0.39, 0.29) is 11.1 Å². The molecule has 0 aliphatic carbocycles. The van der Waals surface area contributed by atoms with Crippen LogP contribution in [0, 0.1) is 0 Å². The van der Waals surface area contributed by atoms with E-state index in [1.54, 1.807) is 17.7 Å². The van der Waals surface area contributed by atoms with Crippen LogP contribution < -0.4 is 16.1 Å². The molecule has 2 aromatic carbocycles. The number of nitrogens with one attached hydrogen (secondary N) is 2. The number of aromatic nitrogens is 1. The highest BCUT2D eigenvalue weighted by Crippen LogP contribution is 2.27. The molecule has 1 aliphatic rings. The van der Waals surface area contributed by atoms with Crippen LogP contribution in [0.25, 0.3) is 0 Å². The minimum Gasteiger partial charge on any atom is -0.352 e. The fraction of sp³-hybridized carbons (Fsp3) is 0.345. The Kier molecular flexibility index (Phi) is 8.68. The molecule has 0 saturated carbocycles. The lowest BCUT2D eigenvalue weighted by atomic mass is 9.89. The van der Waals surface area contributed by atoms with Gasteiger partial charge in [-0.2, -0.15) is 0 Å². The first-order valence-electron chi connectivity index (χ1n) is 12.7. The Morgan fingerprint density at radius 1 is 0.861 bits per heavy atom. The Morgan fingerprint density at radius 3 is 2.06 bits per heavy atom. The number of nitrogens with zero attached hydrogens (tertiary/aromatic N) is 2.